The Labute approximate surface area is 200 Å². The van der Waals surface area contributed by atoms with Gasteiger partial charge in [0.15, 0.2) is 0 Å². The van der Waals surface area contributed by atoms with Crippen LogP contribution in [0.1, 0.15) is 15.9 Å². The van der Waals surface area contributed by atoms with Crippen LogP contribution in [0.2, 0.25) is 5.02 Å². The van der Waals surface area contributed by atoms with Crippen molar-refractivity contribution >= 4 is 49.7 Å². The largest absolute Gasteiger partial charge is 0.296 e. The molecule has 168 valence electrons. The summed E-state index contributed by atoms with van der Waals surface area (Å²) in [6, 6.07) is 22.9. The highest BCUT2D eigenvalue weighted by atomic mass is 35.5. The summed E-state index contributed by atoms with van der Waals surface area (Å²) in [5, 5.41) is 12.5. The molecule has 0 spiro atoms. The minimum atomic E-state index is -3.52. The zero-order valence-electron chi connectivity index (χ0n) is 17.5. The van der Waals surface area contributed by atoms with Crippen LogP contribution in [-0.4, -0.2) is 30.8 Å². The number of hydrogen-bond donors (Lipinski definition) is 1. The number of aromatic nitrogens is 2. The number of halogens is 1. The van der Waals surface area contributed by atoms with Crippen LogP contribution in [0.4, 0.5) is 10.8 Å². The number of rotatable bonds is 7. The van der Waals surface area contributed by atoms with Gasteiger partial charge in [-0.1, -0.05) is 65.4 Å². The van der Waals surface area contributed by atoms with Gasteiger partial charge in [-0.15, -0.1) is 10.2 Å². The second-order valence-electron chi connectivity index (χ2n) is 7.18. The lowest BCUT2D eigenvalue weighted by molar-refractivity contribution is 0.102. The van der Waals surface area contributed by atoms with Crippen molar-refractivity contribution in [3.05, 3.63) is 95.0 Å². The van der Waals surface area contributed by atoms with Gasteiger partial charge in [-0.25, -0.2) is 8.42 Å². The number of carbonyl (C=O) groups excluding carboxylic acids is 1. The summed E-state index contributed by atoms with van der Waals surface area (Å²) >= 11 is 7.15. The van der Waals surface area contributed by atoms with Crippen LogP contribution in [0, 0.1) is 0 Å². The molecule has 1 amide bonds. The van der Waals surface area contributed by atoms with Crippen molar-refractivity contribution in [3.8, 4) is 10.6 Å². The van der Waals surface area contributed by atoms with Gasteiger partial charge in [0.05, 0.1) is 18.5 Å². The highest BCUT2D eigenvalue weighted by molar-refractivity contribution is 7.92. The molecule has 33 heavy (non-hydrogen) atoms. The van der Waals surface area contributed by atoms with Gasteiger partial charge in [-0.3, -0.25) is 14.4 Å². The lowest BCUT2D eigenvalue weighted by atomic mass is 10.2. The molecule has 0 saturated carbocycles. The Balaban J connectivity index is 1.48. The molecule has 0 aliphatic heterocycles. The summed E-state index contributed by atoms with van der Waals surface area (Å²) in [6.07, 6.45) is 1.16. The maximum absolute atomic E-state index is 12.7. The van der Waals surface area contributed by atoms with E-state index in [2.05, 4.69) is 15.5 Å². The zero-order valence-corrected chi connectivity index (χ0v) is 19.9. The second-order valence-corrected chi connectivity index (χ2v) is 10.5. The van der Waals surface area contributed by atoms with Gasteiger partial charge in [0.25, 0.3) is 5.91 Å². The zero-order chi connectivity index (χ0) is 23.4. The summed E-state index contributed by atoms with van der Waals surface area (Å²) in [5.41, 5.74) is 2.55. The van der Waals surface area contributed by atoms with Gasteiger partial charge in [-0.2, -0.15) is 0 Å². The summed E-state index contributed by atoms with van der Waals surface area (Å²) < 4.78 is 26.0. The predicted molar refractivity (Wildman–Crippen MR) is 132 cm³/mol. The molecule has 0 unspecified atom stereocenters. The lowest BCUT2D eigenvalue weighted by Gasteiger charge is -2.22. The molecule has 0 radical (unpaired) electrons. The first-order valence-corrected chi connectivity index (χ1v) is 12.9. The number of nitrogens with one attached hydrogen (secondary N) is 1. The van der Waals surface area contributed by atoms with Gasteiger partial charge < -0.3 is 0 Å². The van der Waals surface area contributed by atoms with Crippen molar-refractivity contribution in [2.75, 3.05) is 15.9 Å². The fraction of sp³-hybridized carbons (Fsp3) is 0.0870. The smallest absolute Gasteiger partial charge is 0.257 e. The molecule has 1 heterocycles. The van der Waals surface area contributed by atoms with Crippen molar-refractivity contribution < 1.29 is 13.2 Å². The van der Waals surface area contributed by atoms with Crippen LogP contribution in [0.15, 0.2) is 78.9 Å². The molecule has 0 bridgehead atoms. The van der Waals surface area contributed by atoms with E-state index in [1.165, 1.54) is 15.6 Å². The van der Waals surface area contributed by atoms with Crippen LogP contribution in [-0.2, 0) is 16.6 Å². The van der Waals surface area contributed by atoms with E-state index in [0.717, 1.165) is 17.4 Å². The van der Waals surface area contributed by atoms with Gasteiger partial charge in [0.2, 0.25) is 15.2 Å². The standard InChI is InChI=1S/C23H19ClN4O3S2/c1-33(30,31)28(15-16-5-3-2-4-6-16)20-13-9-17(10-14-20)21(29)25-23-27-26-22(32-23)18-7-11-19(24)12-8-18/h2-14H,15H2,1H3,(H,25,27,29). The van der Waals surface area contributed by atoms with Gasteiger partial charge >= 0.3 is 0 Å². The molecule has 0 atom stereocenters. The van der Waals surface area contributed by atoms with Crippen LogP contribution in [0.3, 0.4) is 0 Å². The molecule has 4 aromatic rings. The summed E-state index contributed by atoms with van der Waals surface area (Å²) in [4.78, 5) is 12.7. The van der Waals surface area contributed by atoms with E-state index in [-0.39, 0.29) is 12.5 Å². The average molecular weight is 499 g/mol. The van der Waals surface area contributed by atoms with Crippen molar-refractivity contribution in [1.29, 1.82) is 0 Å². The number of carbonyl (C=O) groups is 1. The van der Waals surface area contributed by atoms with Crippen molar-refractivity contribution in [3.63, 3.8) is 0 Å². The number of sulfonamides is 1. The molecule has 4 rings (SSSR count). The average Bonchev–Trinajstić information content (AvgIpc) is 3.26. The number of benzene rings is 3. The van der Waals surface area contributed by atoms with Crippen molar-refractivity contribution in [2.24, 2.45) is 0 Å². The molecule has 7 nitrogen and oxygen atoms in total. The Morgan fingerprint density at radius 3 is 2.27 bits per heavy atom. The molecule has 10 heteroatoms. The van der Waals surface area contributed by atoms with E-state index >= 15 is 0 Å². The molecule has 0 fully saturated rings. The quantitative estimate of drug-likeness (QED) is 0.383. The predicted octanol–water partition coefficient (Wildman–Crippen LogP) is 5.08. The van der Waals surface area contributed by atoms with Gasteiger partial charge in [-0.05, 0) is 42.0 Å². The normalized spacial score (nSPS) is 11.2. The Hall–Kier alpha value is -3.27. The van der Waals surface area contributed by atoms with Gasteiger partial charge in [0.1, 0.15) is 5.01 Å². The molecule has 0 aliphatic rings. The Morgan fingerprint density at radius 1 is 0.970 bits per heavy atom. The topological polar surface area (TPSA) is 92.3 Å². The number of hydrogen-bond acceptors (Lipinski definition) is 6. The first kappa shape index (κ1) is 22.9. The Bertz CT molecular complexity index is 1360. The fourth-order valence-corrected chi connectivity index (χ4v) is 4.84. The van der Waals surface area contributed by atoms with E-state index in [9.17, 15) is 13.2 Å². The number of amides is 1. The maximum Gasteiger partial charge on any atom is 0.257 e. The van der Waals surface area contributed by atoms with Crippen LogP contribution in [0.5, 0.6) is 0 Å². The number of nitrogens with zero attached hydrogens (tertiary/aromatic N) is 3. The molecule has 1 aromatic heterocycles. The van der Waals surface area contributed by atoms with E-state index in [1.54, 1.807) is 36.4 Å². The first-order chi connectivity index (χ1) is 15.8. The van der Waals surface area contributed by atoms with Crippen molar-refractivity contribution in [2.45, 2.75) is 6.54 Å². The van der Waals surface area contributed by atoms with E-state index in [4.69, 9.17) is 11.6 Å². The Kier molecular flexibility index (Phi) is 6.73. The monoisotopic (exact) mass is 498 g/mol. The molecule has 3 aromatic carbocycles. The molecular weight excluding hydrogens is 480 g/mol. The summed E-state index contributed by atoms with van der Waals surface area (Å²) in [5.74, 6) is -0.366. The van der Waals surface area contributed by atoms with E-state index in [0.29, 0.717) is 26.4 Å². The molecular formula is C23H19ClN4O3S2. The lowest BCUT2D eigenvalue weighted by Crippen LogP contribution is -2.29. The van der Waals surface area contributed by atoms with Crippen LogP contribution in [0.25, 0.3) is 10.6 Å². The van der Waals surface area contributed by atoms with Crippen LogP contribution < -0.4 is 9.62 Å². The van der Waals surface area contributed by atoms with E-state index < -0.39 is 10.0 Å². The highest BCUT2D eigenvalue weighted by Gasteiger charge is 2.19. The van der Waals surface area contributed by atoms with Gasteiger partial charge in [0, 0.05) is 16.1 Å². The summed E-state index contributed by atoms with van der Waals surface area (Å²) in [6.45, 7) is 0.198. The Morgan fingerprint density at radius 2 is 1.64 bits per heavy atom. The van der Waals surface area contributed by atoms with Crippen molar-refractivity contribution in [1.82, 2.24) is 10.2 Å². The highest BCUT2D eigenvalue weighted by Crippen LogP contribution is 2.28. The summed E-state index contributed by atoms with van der Waals surface area (Å²) in [7, 11) is -3.52. The molecule has 0 aliphatic carbocycles. The maximum atomic E-state index is 12.7. The minimum absolute atomic E-state index is 0.198. The third-order valence-electron chi connectivity index (χ3n) is 4.72. The SMILES string of the molecule is CS(=O)(=O)N(Cc1ccccc1)c1ccc(C(=O)Nc2nnc(-c3ccc(Cl)cc3)s2)cc1. The third-order valence-corrected chi connectivity index (χ3v) is 7.00. The third kappa shape index (κ3) is 5.75. The first-order valence-electron chi connectivity index (χ1n) is 9.82. The second kappa shape index (κ2) is 9.70. The van der Waals surface area contributed by atoms with E-state index in [1.807, 2.05) is 42.5 Å². The molecule has 1 N–H and O–H groups in total. The molecule has 0 saturated heterocycles. The van der Waals surface area contributed by atoms with Crippen LogP contribution >= 0.6 is 22.9 Å². The minimum Gasteiger partial charge on any atom is -0.296 e. The number of anilines is 2. The fourth-order valence-electron chi connectivity index (χ4n) is 3.08.